The van der Waals surface area contributed by atoms with E-state index in [0.717, 1.165) is 19.4 Å². The third-order valence-electron chi connectivity index (χ3n) is 3.50. The highest BCUT2D eigenvalue weighted by Gasteiger charge is 2.29. The Balaban J connectivity index is 2.05. The maximum atomic E-state index is 5.88. The lowest BCUT2D eigenvalue weighted by Gasteiger charge is -2.33. The van der Waals surface area contributed by atoms with Crippen molar-refractivity contribution in [2.45, 2.75) is 31.7 Å². The second kappa shape index (κ2) is 4.04. The number of methoxy groups -OCH3 is 1. The molecule has 1 heterocycles. The van der Waals surface area contributed by atoms with Crippen LogP contribution in [0.5, 0.6) is 0 Å². The Bertz CT molecular complexity index is 422. The van der Waals surface area contributed by atoms with Gasteiger partial charge in [0.2, 0.25) is 0 Å². The van der Waals surface area contributed by atoms with Crippen molar-refractivity contribution in [3.05, 3.63) is 41.5 Å². The van der Waals surface area contributed by atoms with E-state index in [0.29, 0.717) is 0 Å². The van der Waals surface area contributed by atoms with Gasteiger partial charge in [-0.25, -0.2) is 0 Å². The summed E-state index contributed by atoms with van der Waals surface area (Å²) < 4.78 is 11.3. The summed E-state index contributed by atoms with van der Waals surface area (Å²) in [5.74, 6) is 0. The van der Waals surface area contributed by atoms with Crippen molar-refractivity contribution >= 4 is 5.57 Å². The summed E-state index contributed by atoms with van der Waals surface area (Å²) in [6.45, 7) is 0.746. The zero-order valence-electron chi connectivity index (χ0n) is 9.48. The molecule has 0 N–H and O–H groups in total. The highest BCUT2D eigenvalue weighted by Crippen LogP contribution is 2.36. The summed E-state index contributed by atoms with van der Waals surface area (Å²) >= 11 is 0. The van der Waals surface area contributed by atoms with Crippen LogP contribution in [0.3, 0.4) is 0 Å². The summed E-state index contributed by atoms with van der Waals surface area (Å²) in [4.78, 5) is 0. The number of benzene rings is 1. The maximum Gasteiger partial charge on any atom is 0.0834 e. The van der Waals surface area contributed by atoms with E-state index in [2.05, 4.69) is 30.3 Å². The maximum absolute atomic E-state index is 5.88. The van der Waals surface area contributed by atoms with Crippen LogP contribution in [0.4, 0.5) is 0 Å². The van der Waals surface area contributed by atoms with Crippen molar-refractivity contribution in [3.63, 3.8) is 0 Å². The predicted octanol–water partition coefficient (Wildman–Crippen LogP) is 2.78. The van der Waals surface area contributed by atoms with Crippen molar-refractivity contribution in [1.29, 1.82) is 0 Å². The number of hydrogen-bond donors (Lipinski definition) is 0. The van der Waals surface area contributed by atoms with Gasteiger partial charge < -0.3 is 9.47 Å². The van der Waals surface area contributed by atoms with Crippen molar-refractivity contribution in [2.24, 2.45) is 0 Å². The normalized spacial score (nSPS) is 27.9. The number of ether oxygens (including phenoxy) is 2. The van der Waals surface area contributed by atoms with Gasteiger partial charge in [-0.2, -0.15) is 0 Å². The van der Waals surface area contributed by atoms with E-state index in [9.17, 15) is 0 Å². The lowest BCUT2D eigenvalue weighted by Crippen LogP contribution is -2.28. The predicted molar refractivity (Wildman–Crippen MR) is 63.0 cm³/mol. The SMILES string of the molecule is CO[C@H]1C=C2c3ccccc3CO[C@H]2CC1. The summed E-state index contributed by atoms with van der Waals surface area (Å²) in [5.41, 5.74) is 3.96. The van der Waals surface area contributed by atoms with Crippen LogP contribution in [0.25, 0.3) is 5.57 Å². The van der Waals surface area contributed by atoms with Crippen molar-refractivity contribution in [1.82, 2.24) is 0 Å². The van der Waals surface area contributed by atoms with Gasteiger partial charge in [0, 0.05) is 7.11 Å². The molecule has 0 radical (unpaired) electrons. The molecule has 0 saturated heterocycles. The van der Waals surface area contributed by atoms with Gasteiger partial charge in [-0.15, -0.1) is 0 Å². The molecular formula is C14H16O2. The first-order valence-corrected chi connectivity index (χ1v) is 5.83. The minimum Gasteiger partial charge on any atom is -0.377 e. The van der Waals surface area contributed by atoms with Gasteiger partial charge in [-0.05, 0) is 35.6 Å². The van der Waals surface area contributed by atoms with Crippen LogP contribution >= 0.6 is 0 Å². The van der Waals surface area contributed by atoms with Gasteiger partial charge in [0.05, 0.1) is 18.8 Å². The first kappa shape index (κ1) is 10.1. The highest BCUT2D eigenvalue weighted by molar-refractivity contribution is 5.73. The van der Waals surface area contributed by atoms with E-state index in [1.807, 2.05) is 0 Å². The molecule has 84 valence electrons. The van der Waals surface area contributed by atoms with Gasteiger partial charge in [0.25, 0.3) is 0 Å². The Labute approximate surface area is 95.9 Å². The molecule has 2 heteroatoms. The molecule has 0 bridgehead atoms. The Morgan fingerprint density at radius 1 is 1.25 bits per heavy atom. The first-order valence-electron chi connectivity index (χ1n) is 5.83. The molecule has 3 rings (SSSR count). The lowest BCUT2D eigenvalue weighted by molar-refractivity contribution is 0.0418. The van der Waals surface area contributed by atoms with Gasteiger partial charge in [0.15, 0.2) is 0 Å². The van der Waals surface area contributed by atoms with E-state index < -0.39 is 0 Å². The van der Waals surface area contributed by atoms with Crippen LogP contribution in [0.15, 0.2) is 30.3 Å². The highest BCUT2D eigenvalue weighted by atomic mass is 16.5. The van der Waals surface area contributed by atoms with Gasteiger partial charge in [0.1, 0.15) is 0 Å². The molecule has 0 saturated carbocycles. The average molecular weight is 216 g/mol. The summed E-state index contributed by atoms with van der Waals surface area (Å²) in [7, 11) is 1.78. The molecule has 2 nitrogen and oxygen atoms in total. The van der Waals surface area contributed by atoms with Gasteiger partial charge in [-0.3, -0.25) is 0 Å². The fraction of sp³-hybridized carbons (Fsp3) is 0.429. The molecule has 1 aromatic carbocycles. The monoisotopic (exact) mass is 216 g/mol. The standard InChI is InChI=1S/C14H16O2/c1-15-11-6-7-14-13(8-11)12-5-3-2-4-10(12)9-16-14/h2-5,8,11,14H,6-7,9H2,1H3/t11-,14+/m1/s1. The van der Waals surface area contributed by atoms with Crippen molar-refractivity contribution in [3.8, 4) is 0 Å². The van der Waals surface area contributed by atoms with Crippen LogP contribution in [0, 0.1) is 0 Å². The van der Waals surface area contributed by atoms with Crippen molar-refractivity contribution in [2.75, 3.05) is 7.11 Å². The van der Waals surface area contributed by atoms with Gasteiger partial charge >= 0.3 is 0 Å². The number of rotatable bonds is 1. The molecule has 0 amide bonds. The topological polar surface area (TPSA) is 18.5 Å². The third-order valence-corrected chi connectivity index (χ3v) is 3.50. The molecule has 1 aliphatic heterocycles. The largest absolute Gasteiger partial charge is 0.377 e. The van der Waals surface area contributed by atoms with E-state index >= 15 is 0 Å². The third kappa shape index (κ3) is 1.58. The number of hydrogen-bond acceptors (Lipinski definition) is 2. The Morgan fingerprint density at radius 3 is 3.00 bits per heavy atom. The Kier molecular flexibility index (Phi) is 2.54. The van der Waals surface area contributed by atoms with Gasteiger partial charge in [-0.1, -0.05) is 24.3 Å². The van der Waals surface area contributed by atoms with Crippen LogP contribution in [0.1, 0.15) is 24.0 Å². The second-order valence-corrected chi connectivity index (χ2v) is 4.43. The molecule has 0 aromatic heterocycles. The summed E-state index contributed by atoms with van der Waals surface area (Å²) in [5, 5.41) is 0. The number of fused-ring (bicyclic) bond motifs is 3. The zero-order chi connectivity index (χ0) is 11.0. The van der Waals surface area contributed by atoms with Crippen LogP contribution < -0.4 is 0 Å². The van der Waals surface area contributed by atoms with E-state index in [1.54, 1.807) is 7.11 Å². The molecule has 1 aromatic rings. The molecule has 2 aliphatic rings. The second-order valence-electron chi connectivity index (χ2n) is 4.43. The fourth-order valence-corrected chi connectivity index (χ4v) is 2.60. The summed E-state index contributed by atoms with van der Waals surface area (Å²) in [6.07, 6.45) is 4.89. The Hall–Kier alpha value is -1.12. The minimum atomic E-state index is 0.251. The molecule has 2 atom stereocenters. The first-order chi connectivity index (χ1) is 7.88. The van der Waals surface area contributed by atoms with Crippen molar-refractivity contribution < 1.29 is 9.47 Å². The van der Waals surface area contributed by atoms with Crippen LogP contribution in [-0.2, 0) is 16.1 Å². The fourth-order valence-electron chi connectivity index (χ4n) is 2.60. The lowest BCUT2D eigenvalue weighted by atomic mass is 9.85. The molecule has 1 aliphatic carbocycles. The molecular weight excluding hydrogens is 200 g/mol. The quantitative estimate of drug-likeness (QED) is 0.718. The van der Waals surface area contributed by atoms with Crippen LogP contribution in [-0.4, -0.2) is 19.3 Å². The van der Waals surface area contributed by atoms with E-state index in [-0.39, 0.29) is 12.2 Å². The average Bonchev–Trinajstić information content (AvgIpc) is 2.38. The van der Waals surface area contributed by atoms with E-state index in [1.165, 1.54) is 16.7 Å². The van der Waals surface area contributed by atoms with Crippen LogP contribution in [0.2, 0.25) is 0 Å². The summed E-state index contributed by atoms with van der Waals surface area (Å²) in [6, 6.07) is 8.50. The Morgan fingerprint density at radius 2 is 2.12 bits per heavy atom. The molecule has 0 fully saturated rings. The molecule has 0 unspecified atom stereocenters. The molecule has 0 spiro atoms. The van der Waals surface area contributed by atoms with E-state index in [4.69, 9.17) is 9.47 Å². The molecule has 16 heavy (non-hydrogen) atoms. The minimum absolute atomic E-state index is 0.251. The zero-order valence-corrected chi connectivity index (χ0v) is 9.48. The smallest absolute Gasteiger partial charge is 0.0834 e.